The van der Waals surface area contributed by atoms with Gasteiger partial charge in [0.25, 0.3) is 0 Å². The second-order valence-electron chi connectivity index (χ2n) is 4.60. The number of rotatable bonds is 2. The second kappa shape index (κ2) is 3.93. The van der Waals surface area contributed by atoms with Crippen LogP contribution in [0.3, 0.4) is 0 Å². The Morgan fingerprint density at radius 3 is 2.40 bits per heavy atom. The molecule has 1 aromatic heterocycles. The molecule has 0 N–H and O–H groups in total. The molecule has 2 rings (SSSR count). The summed E-state index contributed by atoms with van der Waals surface area (Å²) >= 11 is 1.65. The van der Waals surface area contributed by atoms with Gasteiger partial charge < -0.3 is 0 Å². The lowest BCUT2D eigenvalue weighted by molar-refractivity contribution is 0.873. The van der Waals surface area contributed by atoms with Crippen LogP contribution in [0.5, 0.6) is 0 Å². The standard InChI is InChI=1S/C13H17NS/c1-8(2)10-6-5-7-11-12(10)14-15-13(11)9(3)4/h5-9H,1-4H3. The first kappa shape index (κ1) is 10.6. The van der Waals surface area contributed by atoms with Crippen molar-refractivity contribution in [2.45, 2.75) is 39.5 Å². The maximum absolute atomic E-state index is 4.60. The predicted molar refractivity (Wildman–Crippen MR) is 67.8 cm³/mol. The normalized spacial score (nSPS) is 11.9. The van der Waals surface area contributed by atoms with Crippen LogP contribution in [-0.2, 0) is 0 Å². The van der Waals surface area contributed by atoms with Crippen LogP contribution >= 0.6 is 11.5 Å². The van der Waals surface area contributed by atoms with Crippen LogP contribution in [0.25, 0.3) is 10.9 Å². The number of aromatic nitrogens is 1. The minimum Gasteiger partial charge on any atom is -0.192 e. The van der Waals surface area contributed by atoms with Gasteiger partial charge in [-0.05, 0) is 28.9 Å². The van der Waals surface area contributed by atoms with Crippen molar-refractivity contribution in [3.63, 3.8) is 0 Å². The van der Waals surface area contributed by atoms with Crippen LogP contribution < -0.4 is 0 Å². The van der Waals surface area contributed by atoms with Crippen LogP contribution in [0.4, 0.5) is 0 Å². The fourth-order valence-electron chi connectivity index (χ4n) is 1.89. The van der Waals surface area contributed by atoms with E-state index in [1.807, 2.05) is 0 Å². The molecule has 1 aromatic carbocycles. The van der Waals surface area contributed by atoms with E-state index < -0.39 is 0 Å². The van der Waals surface area contributed by atoms with E-state index in [1.54, 1.807) is 11.5 Å². The maximum Gasteiger partial charge on any atom is 0.0878 e. The van der Waals surface area contributed by atoms with Crippen LogP contribution in [0.2, 0.25) is 0 Å². The molecule has 80 valence electrons. The number of hydrogen-bond donors (Lipinski definition) is 0. The van der Waals surface area contributed by atoms with Gasteiger partial charge in [-0.15, -0.1) is 0 Å². The first-order chi connectivity index (χ1) is 7.11. The zero-order valence-electron chi connectivity index (χ0n) is 9.74. The van der Waals surface area contributed by atoms with Crippen molar-refractivity contribution in [2.24, 2.45) is 0 Å². The zero-order valence-corrected chi connectivity index (χ0v) is 10.6. The molecule has 0 amide bonds. The molecular weight excluding hydrogens is 202 g/mol. The monoisotopic (exact) mass is 219 g/mol. The SMILES string of the molecule is CC(C)c1snc2c(C(C)C)cccc12. The Morgan fingerprint density at radius 2 is 1.80 bits per heavy atom. The van der Waals surface area contributed by atoms with E-state index in [1.165, 1.54) is 21.3 Å². The molecule has 0 saturated carbocycles. The van der Waals surface area contributed by atoms with Crippen LogP contribution in [-0.4, -0.2) is 4.37 Å². The second-order valence-corrected chi connectivity index (χ2v) is 5.40. The Balaban J connectivity index is 2.69. The van der Waals surface area contributed by atoms with E-state index in [2.05, 4.69) is 50.3 Å². The minimum atomic E-state index is 0.552. The van der Waals surface area contributed by atoms with Crippen molar-refractivity contribution < 1.29 is 0 Å². The van der Waals surface area contributed by atoms with Gasteiger partial charge in [-0.25, -0.2) is 0 Å². The lowest BCUT2D eigenvalue weighted by Crippen LogP contribution is -1.89. The summed E-state index contributed by atoms with van der Waals surface area (Å²) < 4.78 is 4.60. The highest BCUT2D eigenvalue weighted by Gasteiger charge is 2.13. The molecule has 15 heavy (non-hydrogen) atoms. The van der Waals surface area contributed by atoms with E-state index in [0.717, 1.165) is 0 Å². The molecule has 0 aliphatic heterocycles. The van der Waals surface area contributed by atoms with Crippen molar-refractivity contribution in [1.82, 2.24) is 4.37 Å². The van der Waals surface area contributed by atoms with Gasteiger partial charge in [0, 0.05) is 10.3 Å². The van der Waals surface area contributed by atoms with Crippen LogP contribution in [0, 0.1) is 0 Å². The quantitative estimate of drug-likeness (QED) is 0.722. The van der Waals surface area contributed by atoms with Crippen molar-refractivity contribution >= 4 is 22.4 Å². The third-order valence-electron chi connectivity index (χ3n) is 2.71. The van der Waals surface area contributed by atoms with E-state index in [4.69, 9.17) is 0 Å². The highest BCUT2D eigenvalue weighted by molar-refractivity contribution is 7.07. The van der Waals surface area contributed by atoms with Gasteiger partial charge in [-0.3, -0.25) is 0 Å². The molecule has 0 bridgehead atoms. The molecule has 0 unspecified atom stereocenters. The highest BCUT2D eigenvalue weighted by Crippen LogP contribution is 2.33. The molecular formula is C13H17NS. The smallest absolute Gasteiger partial charge is 0.0878 e. The zero-order chi connectivity index (χ0) is 11.0. The molecule has 1 heterocycles. The third-order valence-corrected chi connectivity index (χ3v) is 3.88. The van der Waals surface area contributed by atoms with Crippen molar-refractivity contribution in [1.29, 1.82) is 0 Å². The molecule has 0 saturated heterocycles. The molecule has 0 aliphatic carbocycles. The molecule has 2 aromatic rings. The summed E-state index contributed by atoms with van der Waals surface area (Å²) in [6, 6.07) is 6.54. The largest absolute Gasteiger partial charge is 0.192 e. The Hall–Kier alpha value is -0.890. The number of benzene rings is 1. The maximum atomic E-state index is 4.60. The van der Waals surface area contributed by atoms with Gasteiger partial charge in [0.1, 0.15) is 0 Å². The summed E-state index contributed by atoms with van der Waals surface area (Å²) in [4.78, 5) is 1.41. The van der Waals surface area contributed by atoms with Gasteiger partial charge in [-0.2, -0.15) is 4.37 Å². The van der Waals surface area contributed by atoms with Crippen molar-refractivity contribution in [3.05, 3.63) is 28.6 Å². The predicted octanol–water partition coefficient (Wildman–Crippen LogP) is 4.54. The van der Waals surface area contributed by atoms with Gasteiger partial charge in [0.2, 0.25) is 0 Å². The van der Waals surface area contributed by atoms with Gasteiger partial charge >= 0.3 is 0 Å². The number of fused-ring (bicyclic) bond motifs is 1. The van der Waals surface area contributed by atoms with E-state index >= 15 is 0 Å². The molecule has 2 heteroatoms. The lowest BCUT2D eigenvalue weighted by Gasteiger charge is -2.06. The summed E-state index contributed by atoms with van der Waals surface area (Å²) in [5.74, 6) is 1.12. The van der Waals surface area contributed by atoms with Gasteiger partial charge in [-0.1, -0.05) is 45.9 Å². The molecule has 0 aliphatic rings. The summed E-state index contributed by atoms with van der Waals surface area (Å²) in [6.07, 6.45) is 0. The Bertz CT molecular complexity index is 468. The fourth-order valence-corrected chi connectivity index (χ4v) is 2.76. The minimum absolute atomic E-state index is 0.552. The first-order valence-electron chi connectivity index (χ1n) is 5.49. The average molecular weight is 219 g/mol. The lowest BCUT2D eigenvalue weighted by atomic mass is 9.98. The van der Waals surface area contributed by atoms with Crippen LogP contribution in [0.15, 0.2) is 18.2 Å². The fraction of sp³-hybridized carbons (Fsp3) is 0.462. The first-order valence-corrected chi connectivity index (χ1v) is 6.26. The molecule has 1 nitrogen and oxygen atoms in total. The molecule has 0 atom stereocenters. The topological polar surface area (TPSA) is 12.9 Å². The van der Waals surface area contributed by atoms with Crippen molar-refractivity contribution in [2.75, 3.05) is 0 Å². The molecule has 0 radical (unpaired) electrons. The summed E-state index contributed by atoms with van der Waals surface area (Å²) in [6.45, 7) is 8.91. The van der Waals surface area contributed by atoms with E-state index in [0.29, 0.717) is 11.8 Å². The number of hydrogen-bond acceptors (Lipinski definition) is 2. The van der Waals surface area contributed by atoms with Gasteiger partial charge in [0.15, 0.2) is 0 Å². The average Bonchev–Trinajstić information content (AvgIpc) is 2.59. The Morgan fingerprint density at radius 1 is 1.07 bits per heavy atom. The summed E-state index contributed by atoms with van der Waals surface area (Å²) in [5.41, 5.74) is 2.58. The van der Waals surface area contributed by atoms with E-state index in [-0.39, 0.29) is 0 Å². The third kappa shape index (κ3) is 1.78. The highest BCUT2D eigenvalue weighted by atomic mass is 32.1. The summed E-state index contributed by atoms with van der Waals surface area (Å²) in [5, 5.41) is 1.35. The summed E-state index contributed by atoms with van der Waals surface area (Å²) in [7, 11) is 0. The van der Waals surface area contributed by atoms with E-state index in [9.17, 15) is 0 Å². The Labute approximate surface area is 95.3 Å². The number of nitrogens with zero attached hydrogens (tertiary/aromatic N) is 1. The Kier molecular flexibility index (Phi) is 2.79. The molecule has 0 spiro atoms. The molecule has 0 fully saturated rings. The van der Waals surface area contributed by atoms with Crippen LogP contribution in [0.1, 0.15) is 50.0 Å². The van der Waals surface area contributed by atoms with Crippen molar-refractivity contribution in [3.8, 4) is 0 Å². The van der Waals surface area contributed by atoms with Gasteiger partial charge in [0.05, 0.1) is 5.52 Å².